The van der Waals surface area contributed by atoms with Crippen molar-refractivity contribution in [3.05, 3.63) is 35.4 Å². The van der Waals surface area contributed by atoms with Gasteiger partial charge in [-0.15, -0.1) is 12.3 Å². The van der Waals surface area contributed by atoms with Crippen molar-refractivity contribution >= 4 is 12.0 Å². The second kappa shape index (κ2) is 5.44. The fraction of sp³-hybridized carbons (Fsp3) is 0.286. The van der Waals surface area contributed by atoms with Gasteiger partial charge in [-0.25, -0.2) is 9.59 Å². The van der Waals surface area contributed by atoms with Crippen molar-refractivity contribution < 1.29 is 14.7 Å². The first-order valence-corrected chi connectivity index (χ1v) is 5.90. The van der Waals surface area contributed by atoms with E-state index in [9.17, 15) is 9.59 Å². The van der Waals surface area contributed by atoms with Gasteiger partial charge in [-0.1, -0.05) is 24.3 Å². The Labute approximate surface area is 111 Å². The Balaban J connectivity index is 1.99. The average molecular weight is 258 g/mol. The van der Waals surface area contributed by atoms with E-state index >= 15 is 0 Å². The summed E-state index contributed by atoms with van der Waals surface area (Å²) in [6, 6.07) is 6.30. The summed E-state index contributed by atoms with van der Waals surface area (Å²) in [4.78, 5) is 24.5. The molecule has 19 heavy (non-hydrogen) atoms. The molecule has 0 aliphatic carbocycles. The molecule has 98 valence electrons. The molecular weight excluding hydrogens is 244 g/mol. The Morgan fingerprint density at radius 2 is 1.95 bits per heavy atom. The lowest BCUT2D eigenvalue weighted by Gasteiger charge is -2.19. The van der Waals surface area contributed by atoms with Gasteiger partial charge in [-0.3, -0.25) is 0 Å². The maximum atomic E-state index is 12.0. The number of hydrogen-bond acceptors (Lipinski definition) is 2. The maximum Gasteiger partial charge on any atom is 0.327 e. The Bertz CT molecular complexity index is 523. The lowest BCUT2D eigenvalue weighted by Crippen LogP contribution is -2.46. The van der Waals surface area contributed by atoms with Gasteiger partial charge in [0.25, 0.3) is 0 Å². The summed E-state index contributed by atoms with van der Waals surface area (Å²) in [6.45, 7) is 0.981. The lowest BCUT2D eigenvalue weighted by molar-refractivity contribution is -0.139. The number of fused-ring (bicyclic) bond motifs is 1. The van der Waals surface area contributed by atoms with Crippen LogP contribution in [0.3, 0.4) is 0 Å². The summed E-state index contributed by atoms with van der Waals surface area (Å²) in [6.07, 6.45) is 5.06. The molecule has 1 aliphatic rings. The fourth-order valence-electron chi connectivity index (χ4n) is 2.04. The molecule has 1 unspecified atom stereocenters. The normalized spacial score (nSPS) is 14.4. The van der Waals surface area contributed by atoms with E-state index < -0.39 is 18.0 Å². The number of nitrogens with one attached hydrogen (secondary N) is 1. The minimum Gasteiger partial charge on any atom is -0.480 e. The minimum absolute atomic E-state index is 0.0259. The van der Waals surface area contributed by atoms with Crippen molar-refractivity contribution in [3.8, 4) is 12.3 Å². The van der Waals surface area contributed by atoms with Crippen LogP contribution in [0.25, 0.3) is 0 Å². The third-order valence-electron chi connectivity index (χ3n) is 3.05. The van der Waals surface area contributed by atoms with Crippen LogP contribution in [0.4, 0.5) is 4.79 Å². The SMILES string of the molecule is C#CCC(NC(=O)N1Cc2ccccc2C1)C(=O)O. The fourth-order valence-corrected chi connectivity index (χ4v) is 2.04. The van der Waals surface area contributed by atoms with Crippen LogP contribution in [-0.4, -0.2) is 28.0 Å². The van der Waals surface area contributed by atoms with E-state index in [0.717, 1.165) is 11.1 Å². The zero-order valence-electron chi connectivity index (χ0n) is 10.3. The van der Waals surface area contributed by atoms with Crippen LogP contribution in [0.1, 0.15) is 17.5 Å². The number of carboxylic acid groups (broad SMARTS) is 1. The van der Waals surface area contributed by atoms with Crippen molar-refractivity contribution in [2.24, 2.45) is 0 Å². The van der Waals surface area contributed by atoms with Crippen LogP contribution in [0.2, 0.25) is 0 Å². The molecule has 0 bridgehead atoms. The van der Waals surface area contributed by atoms with Gasteiger partial charge in [0.05, 0.1) is 0 Å². The molecule has 1 aliphatic heterocycles. The van der Waals surface area contributed by atoms with E-state index in [1.54, 1.807) is 4.90 Å². The molecule has 1 aromatic rings. The molecule has 1 aromatic carbocycles. The highest BCUT2D eigenvalue weighted by Crippen LogP contribution is 2.22. The summed E-state index contributed by atoms with van der Waals surface area (Å²) in [5, 5.41) is 11.4. The van der Waals surface area contributed by atoms with E-state index in [1.807, 2.05) is 24.3 Å². The van der Waals surface area contributed by atoms with Gasteiger partial charge < -0.3 is 15.3 Å². The van der Waals surface area contributed by atoms with Gasteiger partial charge in [-0.2, -0.15) is 0 Å². The summed E-state index contributed by atoms with van der Waals surface area (Å²) in [7, 11) is 0. The number of carbonyl (C=O) groups is 2. The van der Waals surface area contributed by atoms with Crippen LogP contribution in [-0.2, 0) is 17.9 Å². The second-order valence-corrected chi connectivity index (χ2v) is 4.37. The predicted molar refractivity (Wildman–Crippen MR) is 69.1 cm³/mol. The topological polar surface area (TPSA) is 69.6 Å². The van der Waals surface area contributed by atoms with E-state index in [4.69, 9.17) is 11.5 Å². The molecule has 5 heteroatoms. The van der Waals surface area contributed by atoms with Crippen LogP contribution < -0.4 is 5.32 Å². The van der Waals surface area contributed by atoms with E-state index in [-0.39, 0.29) is 6.42 Å². The molecule has 2 N–H and O–H groups in total. The highest BCUT2D eigenvalue weighted by atomic mass is 16.4. The highest BCUT2D eigenvalue weighted by molar-refractivity contribution is 5.83. The van der Waals surface area contributed by atoms with E-state index in [1.165, 1.54) is 0 Å². The van der Waals surface area contributed by atoms with Crippen molar-refractivity contribution in [1.29, 1.82) is 0 Å². The Kier molecular flexibility index (Phi) is 3.71. The van der Waals surface area contributed by atoms with E-state index in [0.29, 0.717) is 13.1 Å². The van der Waals surface area contributed by atoms with Gasteiger partial charge in [0.1, 0.15) is 6.04 Å². The average Bonchev–Trinajstić information content (AvgIpc) is 2.81. The number of rotatable bonds is 3. The van der Waals surface area contributed by atoms with Crippen molar-refractivity contribution in [3.63, 3.8) is 0 Å². The largest absolute Gasteiger partial charge is 0.480 e. The molecule has 0 saturated heterocycles. The molecule has 1 atom stereocenters. The zero-order valence-corrected chi connectivity index (χ0v) is 10.3. The van der Waals surface area contributed by atoms with Crippen LogP contribution in [0.5, 0.6) is 0 Å². The van der Waals surface area contributed by atoms with Gasteiger partial charge in [-0.05, 0) is 11.1 Å². The first kappa shape index (κ1) is 13.0. The van der Waals surface area contributed by atoms with Gasteiger partial charge in [0.2, 0.25) is 0 Å². The molecule has 5 nitrogen and oxygen atoms in total. The van der Waals surface area contributed by atoms with Gasteiger partial charge in [0, 0.05) is 19.5 Å². The maximum absolute atomic E-state index is 12.0. The Morgan fingerprint density at radius 3 is 2.42 bits per heavy atom. The number of urea groups is 1. The summed E-state index contributed by atoms with van der Waals surface area (Å²) in [5.74, 6) is 1.13. The number of amides is 2. The first-order valence-electron chi connectivity index (χ1n) is 5.90. The summed E-state index contributed by atoms with van der Waals surface area (Å²) >= 11 is 0. The second-order valence-electron chi connectivity index (χ2n) is 4.37. The van der Waals surface area contributed by atoms with Crippen molar-refractivity contribution in [1.82, 2.24) is 10.2 Å². The monoisotopic (exact) mass is 258 g/mol. The number of aliphatic carboxylic acids is 1. The van der Waals surface area contributed by atoms with Gasteiger partial charge >= 0.3 is 12.0 Å². The number of carbonyl (C=O) groups excluding carboxylic acids is 1. The van der Waals surface area contributed by atoms with E-state index in [2.05, 4.69) is 11.2 Å². The quantitative estimate of drug-likeness (QED) is 0.800. The minimum atomic E-state index is -1.12. The molecule has 0 fully saturated rings. The highest BCUT2D eigenvalue weighted by Gasteiger charge is 2.26. The number of hydrogen-bond donors (Lipinski definition) is 2. The predicted octanol–water partition coefficient (Wildman–Crippen LogP) is 1.19. The third-order valence-corrected chi connectivity index (χ3v) is 3.05. The standard InChI is InChI=1S/C14H14N2O3/c1-2-5-12(13(17)18)15-14(19)16-8-10-6-3-4-7-11(10)9-16/h1,3-4,6-7,12H,5,8-9H2,(H,15,19)(H,17,18). The molecule has 2 amide bonds. The first-order chi connectivity index (χ1) is 9.11. The lowest BCUT2D eigenvalue weighted by atomic mass is 10.1. The number of terminal acetylenes is 1. The van der Waals surface area contributed by atoms with Crippen molar-refractivity contribution in [2.45, 2.75) is 25.6 Å². The summed E-state index contributed by atoms with van der Waals surface area (Å²) in [5.41, 5.74) is 2.17. The Morgan fingerprint density at radius 1 is 1.37 bits per heavy atom. The van der Waals surface area contributed by atoms with Gasteiger partial charge in [0.15, 0.2) is 0 Å². The molecule has 0 radical (unpaired) electrons. The van der Waals surface area contributed by atoms with Crippen LogP contribution >= 0.6 is 0 Å². The summed E-state index contributed by atoms with van der Waals surface area (Å²) < 4.78 is 0. The Hall–Kier alpha value is -2.48. The molecular formula is C14H14N2O3. The third kappa shape index (κ3) is 2.86. The number of benzene rings is 1. The molecule has 0 saturated carbocycles. The van der Waals surface area contributed by atoms with Crippen LogP contribution in [0, 0.1) is 12.3 Å². The number of carboxylic acids is 1. The van der Waals surface area contributed by atoms with Crippen molar-refractivity contribution in [2.75, 3.05) is 0 Å². The van der Waals surface area contributed by atoms with Crippen LogP contribution in [0.15, 0.2) is 24.3 Å². The zero-order chi connectivity index (χ0) is 13.8. The smallest absolute Gasteiger partial charge is 0.327 e. The number of nitrogens with zero attached hydrogens (tertiary/aromatic N) is 1. The molecule has 1 heterocycles. The molecule has 2 rings (SSSR count). The molecule has 0 spiro atoms. The molecule has 0 aromatic heterocycles.